The smallest absolute Gasteiger partial charge is 0.326 e. The van der Waals surface area contributed by atoms with E-state index in [1.165, 1.54) is 0 Å². The number of aromatic amines is 1. The fourth-order valence-corrected chi connectivity index (χ4v) is 2.45. The largest absolute Gasteiger partial charge is 0.480 e. The van der Waals surface area contributed by atoms with Crippen molar-refractivity contribution in [2.75, 3.05) is 13.2 Å². The Labute approximate surface area is 129 Å². The SMILES string of the molecule is CC(C)(C)c1cc(C(=O)NC(C(=O)O)C2CCCOC2)n[nH]1. The number of aromatic nitrogens is 2. The summed E-state index contributed by atoms with van der Waals surface area (Å²) >= 11 is 0. The van der Waals surface area contributed by atoms with Gasteiger partial charge in [0.05, 0.1) is 6.61 Å². The molecular formula is C15H23N3O4. The summed E-state index contributed by atoms with van der Waals surface area (Å²) in [5.74, 6) is -1.74. The lowest BCUT2D eigenvalue weighted by Gasteiger charge is -2.27. The topological polar surface area (TPSA) is 104 Å². The molecule has 2 atom stereocenters. The van der Waals surface area contributed by atoms with Gasteiger partial charge in [-0.2, -0.15) is 5.10 Å². The van der Waals surface area contributed by atoms with E-state index in [2.05, 4.69) is 15.5 Å². The van der Waals surface area contributed by atoms with Crippen molar-refractivity contribution in [3.63, 3.8) is 0 Å². The molecular weight excluding hydrogens is 286 g/mol. The highest BCUT2D eigenvalue weighted by molar-refractivity contribution is 5.95. The van der Waals surface area contributed by atoms with Crippen LogP contribution in [0.4, 0.5) is 0 Å². The van der Waals surface area contributed by atoms with Crippen LogP contribution in [0.2, 0.25) is 0 Å². The Morgan fingerprint density at radius 3 is 2.73 bits per heavy atom. The van der Waals surface area contributed by atoms with Crippen LogP contribution in [0.25, 0.3) is 0 Å². The lowest BCUT2D eigenvalue weighted by Crippen LogP contribution is -2.48. The Hall–Kier alpha value is -1.89. The molecule has 0 aliphatic carbocycles. The first kappa shape index (κ1) is 16.5. The van der Waals surface area contributed by atoms with E-state index in [4.69, 9.17) is 4.74 Å². The number of hydrogen-bond donors (Lipinski definition) is 3. The van der Waals surface area contributed by atoms with Gasteiger partial charge in [0.2, 0.25) is 0 Å². The molecule has 1 aromatic heterocycles. The van der Waals surface area contributed by atoms with E-state index in [0.29, 0.717) is 13.2 Å². The second kappa shape index (κ2) is 6.48. The van der Waals surface area contributed by atoms with Gasteiger partial charge >= 0.3 is 5.97 Å². The highest BCUT2D eigenvalue weighted by atomic mass is 16.5. The summed E-state index contributed by atoms with van der Waals surface area (Å²) in [7, 11) is 0. The Morgan fingerprint density at radius 2 is 2.23 bits per heavy atom. The number of carbonyl (C=O) groups excluding carboxylic acids is 1. The highest BCUT2D eigenvalue weighted by Crippen LogP contribution is 2.21. The average molecular weight is 309 g/mol. The van der Waals surface area contributed by atoms with Gasteiger partial charge in [-0.05, 0) is 18.9 Å². The predicted octanol–water partition coefficient (Wildman–Crippen LogP) is 1.32. The van der Waals surface area contributed by atoms with Crippen LogP contribution >= 0.6 is 0 Å². The molecule has 0 radical (unpaired) electrons. The molecule has 1 saturated heterocycles. The van der Waals surface area contributed by atoms with Crippen molar-refractivity contribution in [1.29, 1.82) is 0 Å². The van der Waals surface area contributed by atoms with E-state index in [1.807, 2.05) is 20.8 Å². The van der Waals surface area contributed by atoms with Crippen molar-refractivity contribution < 1.29 is 19.4 Å². The third-order valence-electron chi connectivity index (χ3n) is 3.84. The molecule has 0 aromatic carbocycles. The summed E-state index contributed by atoms with van der Waals surface area (Å²) in [6.07, 6.45) is 1.53. The van der Waals surface area contributed by atoms with Crippen LogP contribution in [0.15, 0.2) is 6.07 Å². The maximum atomic E-state index is 12.2. The van der Waals surface area contributed by atoms with Crippen LogP contribution in [0.1, 0.15) is 49.8 Å². The second-order valence-corrected chi connectivity index (χ2v) is 6.68. The van der Waals surface area contributed by atoms with E-state index in [0.717, 1.165) is 18.5 Å². The van der Waals surface area contributed by atoms with Crippen molar-refractivity contribution in [3.8, 4) is 0 Å². The van der Waals surface area contributed by atoms with Crippen LogP contribution < -0.4 is 5.32 Å². The maximum absolute atomic E-state index is 12.2. The first-order valence-corrected chi connectivity index (χ1v) is 7.46. The molecule has 122 valence electrons. The Morgan fingerprint density at radius 1 is 1.50 bits per heavy atom. The quantitative estimate of drug-likeness (QED) is 0.778. The summed E-state index contributed by atoms with van der Waals surface area (Å²) in [6, 6.07) is 0.702. The average Bonchev–Trinajstić information content (AvgIpc) is 2.95. The van der Waals surface area contributed by atoms with Crippen LogP contribution in [-0.4, -0.2) is 46.4 Å². The minimum absolute atomic E-state index is 0.158. The lowest BCUT2D eigenvalue weighted by atomic mass is 9.92. The summed E-state index contributed by atoms with van der Waals surface area (Å²) in [5.41, 5.74) is 0.869. The van der Waals surface area contributed by atoms with Gasteiger partial charge in [-0.25, -0.2) is 4.79 Å². The molecule has 2 unspecified atom stereocenters. The molecule has 1 aliphatic rings. The Balaban J connectivity index is 2.07. The van der Waals surface area contributed by atoms with E-state index < -0.39 is 17.9 Å². The lowest BCUT2D eigenvalue weighted by molar-refractivity contribution is -0.142. The molecule has 7 nitrogen and oxygen atoms in total. The van der Waals surface area contributed by atoms with Gasteiger partial charge in [0.25, 0.3) is 5.91 Å². The summed E-state index contributed by atoms with van der Waals surface area (Å²) in [6.45, 7) is 7.00. The third kappa shape index (κ3) is 3.85. The monoisotopic (exact) mass is 309 g/mol. The minimum Gasteiger partial charge on any atom is -0.480 e. The molecule has 1 aromatic rings. The summed E-state index contributed by atoms with van der Waals surface area (Å²) in [5, 5.41) is 18.7. The van der Waals surface area contributed by atoms with E-state index in [-0.39, 0.29) is 17.0 Å². The van der Waals surface area contributed by atoms with E-state index in [9.17, 15) is 14.7 Å². The van der Waals surface area contributed by atoms with Crippen molar-refractivity contribution in [1.82, 2.24) is 15.5 Å². The zero-order chi connectivity index (χ0) is 16.3. The first-order chi connectivity index (χ1) is 10.3. The van der Waals surface area contributed by atoms with E-state index in [1.54, 1.807) is 6.07 Å². The predicted molar refractivity (Wildman–Crippen MR) is 79.7 cm³/mol. The minimum atomic E-state index is -1.05. The van der Waals surface area contributed by atoms with Gasteiger partial charge in [0.15, 0.2) is 0 Å². The van der Waals surface area contributed by atoms with Crippen molar-refractivity contribution in [2.24, 2.45) is 5.92 Å². The number of H-pyrrole nitrogens is 1. The van der Waals surface area contributed by atoms with Crippen LogP contribution in [0, 0.1) is 5.92 Å². The fourth-order valence-electron chi connectivity index (χ4n) is 2.45. The normalized spacial score (nSPS) is 20.4. The van der Waals surface area contributed by atoms with Crippen LogP contribution in [0.5, 0.6) is 0 Å². The number of carboxylic acid groups (broad SMARTS) is 1. The fraction of sp³-hybridized carbons (Fsp3) is 0.667. The summed E-state index contributed by atoms with van der Waals surface area (Å²) < 4.78 is 5.31. The molecule has 2 heterocycles. The maximum Gasteiger partial charge on any atom is 0.326 e. The number of hydrogen-bond acceptors (Lipinski definition) is 4. The van der Waals surface area contributed by atoms with Gasteiger partial charge < -0.3 is 15.2 Å². The molecule has 0 spiro atoms. The number of carbonyl (C=O) groups is 2. The standard InChI is InChI=1S/C15H23N3O4/c1-15(2,3)11-7-10(17-18-11)13(19)16-12(14(20)21)9-5-4-6-22-8-9/h7,9,12H,4-6,8H2,1-3H3,(H,16,19)(H,17,18)(H,20,21). The number of amides is 1. The van der Waals surface area contributed by atoms with Crippen molar-refractivity contribution in [2.45, 2.75) is 45.1 Å². The molecule has 1 amide bonds. The van der Waals surface area contributed by atoms with Gasteiger partial charge in [-0.1, -0.05) is 20.8 Å². The van der Waals surface area contributed by atoms with Gasteiger partial charge in [-0.15, -0.1) is 0 Å². The van der Waals surface area contributed by atoms with Crippen LogP contribution in [0.3, 0.4) is 0 Å². The molecule has 2 rings (SSSR count). The number of ether oxygens (including phenoxy) is 1. The number of nitrogens with zero attached hydrogens (tertiary/aromatic N) is 1. The van der Waals surface area contributed by atoms with Gasteiger partial charge in [0, 0.05) is 23.6 Å². The number of carboxylic acids is 1. The molecule has 1 aliphatic heterocycles. The third-order valence-corrected chi connectivity index (χ3v) is 3.84. The van der Waals surface area contributed by atoms with Gasteiger partial charge in [-0.3, -0.25) is 9.89 Å². The Kier molecular flexibility index (Phi) is 4.85. The molecule has 22 heavy (non-hydrogen) atoms. The highest BCUT2D eigenvalue weighted by Gasteiger charge is 2.32. The first-order valence-electron chi connectivity index (χ1n) is 7.46. The van der Waals surface area contributed by atoms with Gasteiger partial charge in [0.1, 0.15) is 11.7 Å². The molecule has 7 heteroatoms. The number of nitrogens with one attached hydrogen (secondary N) is 2. The molecule has 1 fully saturated rings. The zero-order valence-corrected chi connectivity index (χ0v) is 13.2. The molecule has 0 saturated carbocycles. The molecule has 0 bridgehead atoms. The molecule has 3 N–H and O–H groups in total. The zero-order valence-electron chi connectivity index (χ0n) is 13.2. The second-order valence-electron chi connectivity index (χ2n) is 6.68. The van der Waals surface area contributed by atoms with Crippen LogP contribution in [-0.2, 0) is 14.9 Å². The number of rotatable bonds is 4. The Bertz CT molecular complexity index is 541. The summed E-state index contributed by atoms with van der Waals surface area (Å²) in [4.78, 5) is 23.7. The van der Waals surface area contributed by atoms with E-state index >= 15 is 0 Å². The number of aliphatic carboxylic acids is 1. The van der Waals surface area contributed by atoms with Crippen molar-refractivity contribution >= 4 is 11.9 Å². The van der Waals surface area contributed by atoms with Crippen molar-refractivity contribution in [3.05, 3.63) is 17.5 Å².